The van der Waals surface area contributed by atoms with Crippen molar-refractivity contribution in [3.05, 3.63) is 47.1 Å². The zero-order chi connectivity index (χ0) is 22.8. The fourth-order valence-corrected chi connectivity index (χ4v) is 3.41. The second kappa shape index (κ2) is 8.92. The third-order valence-electron chi connectivity index (χ3n) is 3.91. The molecule has 2 heterocycles. The number of hydrogen-bond acceptors (Lipinski definition) is 7. The minimum Gasteiger partial charge on any atom is -0.349 e. The predicted octanol–water partition coefficient (Wildman–Crippen LogP) is 6.37. The molecule has 0 aliphatic carbocycles. The molecule has 10 heteroatoms. The Morgan fingerprint density at radius 1 is 0.935 bits per heavy atom. The maximum atomic E-state index is 13.8. The topological polar surface area (TPSA) is 75.6 Å². The number of aromatic nitrogens is 4. The zero-order valence-corrected chi connectivity index (χ0v) is 19.4. The summed E-state index contributed by atoms with van der Waals surface area (Å²) in [5.74, 6) is -2.38. The lowest BCUT2D eigenvalue weighted by molar-refractivity contribution is 0.0129. The van der Waals surface area contributed by atoms with Crippen LogP contribution in [0.4, 0.5) is 26.4 Å². The summed E-state index contributed by atoms with van der Waals surface area (Å²) in [6.45, 7) is 6.68. The molecule has 0 unspecified atom stereocenters. The summed E-state index contributed by atoms with van der Waals surface area (Å²) in [5.41, 5.74) is 0.225. The van der Waals surface area contributed by atoms with Crippen LogP contribution in [0.15, 0.2) is 41.3 Å². The highest BCUT2D eigenvalue weighted by molar-refractivity contribution is 7.98. The lowest BCUT2D eigenvalue weighted by Crippen LogP contribution is -2.27. The van der Waals surface area contributed by atoms with Crippen molar-refractivity contribution in [2.45, 2.75) is 44.1 Å². The number of halogens is 3. The summed E-state index contributed by atoms with van der Waals surface area (Å²) in [6.07, 6.45) is 1.95. The molecular formula is C21H23ClF2N6S. The van der Waals surface area contributed by atoms with E-state index in [9.17, 15) is 8.78 Å². The molecule has 0 fully saturated rings. The lowest BCUT2D eigenvalue weighted by Gasteiger charge is -2.21. The Labute approximate surface area is 189 Å². The van der Waals surface area contributed by atoms with Crippen molar-refractivity contribution >= 4 is 40.9 Å². The predicted molar refractivity (Wildman–Crippen MR) is 123 cm³/mol. The summed E-state index contributed by atoms with van der Waals surface area (Å²) in [7, 11) is 0. The minimum atomic E-state index is -3.08. The molecule has 3 aromatic rings. The van der Waals surface area contributed by atoms with Crippen LogP contribution in [0.25, 0.3) is 11.5 Å². The van der Waals surface area contributed by atoms with Gasteiger partial charge in [-0.05, 0) is 57.4 Å². The van der Waals surface area contributed by atoms with Gasteiger partial charge in [-0.15, -0.1) is 11.8 Å². The number of nitrogens with zero attached hydrogens (tertiary/aromatic N) is 4. The van der Waals surface area contributed by atoms with Gasteiger partial charge >= 0.3 is 0 Å². The van der Waals surface area contributed by atoms with Crippen molar-refractivity contribution in [1.82, 2.24) is 19.9 Å². The molecule has 0 bridgehead atoms. The highest BCUT2D eigenvalue weighted by Gasteiger charge is 2.27. The van der Waals surface area contributed by atoms with Crippen LogP contribution in [0.3, 0.4) is 0 Å². The molecule has 2 aromatic heterocycles. The molecule has 0 saturated carbocycles. The Kier molecular flexibility index (Phi) is 6.66. The molecule has 0 atom stereocenters. The Morgan fingerprint density at radius 2 is 1.65 bits per heavy atom. The van der Waals surface area contributed by atoms with E-state index in [1.165, 1.54) is 12.1 Å². The number of hydrogen-bond donors (Lipinski definition) is 2. The van der Waals surface area contributed by atoms with Crippen molar-refractivity contribution in [3.63, 3.8) is 0 Å². The van der Waals surface area contributed by atoms with Crippen molar-refractivity contribution in [3.8, 4) is 11.5 Å². The largest absolute Gasteiger partial charge is 0.349 e. The molecule has 0 saturated heterocycles. The number of rotatable bonds is 6. The zero-order valence-electron chi connectivity index (χ0n) is 17.8. The van der Waals surface area contributed by atoms with Crippen LogP contribution in [-0.2, 0) is 5.92 Å². The van der Waals surface area contributed by atoms with E-state index >= 15 is 0 Å². The van der Waals surface area contributed by atoms with Crippen LogP contribution in [0.1, 0.15) is 33.4 Å². The third kappa shape index (κ3) is 6.48. The van der Waals surface area contributed by atoms with Gasteiger partial charge in [-0.3, -0.25) is 0 Å². The van der Waals surface area contributed by atoms with Gasteiger partial charge in [0.1, 0.15) is 11.4 Å². The van der Waals surface area contributed by atoms with Gasteiger partial charge in [0.2, 0.25) is 11.9 Å². The highest BCUT2D eigenvalue weighted by Crippen LogP contribution is 2.29. The van der Waals surface area contributed by atoms with E-state index < -0.39 is 5.92 Å². The molecule has 6 nitrogen and oxygen atoms in total. The number of anilines is 3. The van der Waals surface area contributed by atoms with E-state index in [2.05, 4.69) is 30.6 Å². The van der Waals surface area contributed by atoms with E-state index in [1.54, 1.807) is 23.9 Å². The summed E-state index contributed by atoms with van der Waals surface area (Å²) >= 11 is 7.75. The SMILES string of the molecule is CSc1cc(Cl)cc(Nc2nc(NC(C)(C)C)nc(-c3cccc(C(C)(F)F)n3)n2)c1. The maximum absolute atomic E-state index is 13.8. The van der Waals surface area contributed by atoms with Crippen LogP contribution in [-0.4, -0.2) is 31.7 Å². The van der Waals surface area contributed by atoms with Crippen LogP contribution < -0.4 is 10.6 Å². The molecule has 0 aliphatic rings. The van der Waals surface area contributed by atoms with E-state index in [0.29, 0.717) is 16.7 Å². The normalized spacial score (nSPS) is 12.0. The molecule has 0 radical (unpaired) electrons. The first-order valence-electron chi connectivity index (χ1n) is 9.44. The van der Waals surface area contributed by atoms with E-state index in [-0.39, 0.29) is 28.7 Å². The fraction of sp³-hybridized carbons (Fsp3) is 0.333. The number of benzene rings is 1. The maximum Gasteiger partial charge on any atom is 0.286 e. The molecule has 1 aromatic carbocycles. The van der Waals surface area contributed by atoms with Gasteiger partial charge in [0.05, 0.1) is 0 Å². The van der Waals surface area contributed by atoms with E-state index in [0.717, 1.165) is 11.8 Å². The first-order valence-corrected chi connectivity index (χ1v) is 11.0. The molecule has 0 amide bonds. The summed E-state index contributed by atoms with van der Waals surface area (Å²) < 4.78 is 27.5. The molecule has 2 N–H and O–H groups in total. The summed E-state index contributed by atoms with van der Waals surface area (Å²) in [4.78, 5) is 18.3. The monoisotopic (exact) mass is 464 g/mol. The number of nitrogens with one attached hydrogen (secondary N) is 2. The van der Waals surface area contributed by atoms with Crippen LogP contribution in [0.2, 0.25) is 5.02 Å². The number of alkyl halides is 2. The third-order valence-corrected chi connectivity index (χ3v) is 4.84. The van der Waals surface area contributed by atoms with Crippen molar-refractivity contribution in [1.29, 1.82) is 0 Å². The molecule has 31 heavy (non-hydrogen) atoms. The Bertz CT molecular complexity index is 1080. The lowest BCUT2D eigenvalue weighted by atomic mass is 10.1. The van der Waals surface area contributed by atoms with E-state index in [1.807, 2.05) is 39.2 Å². The smallest absolute Gasteiger partial charge is 0.286 e. The Morgan fingerprint density at radius 3 is 2.29 bits per heavy atom. The number of pyridine rings is 1. The second-order valence-corrected chi connectivity index (χ2v) is 9.30. The highest BCUT2D eigenvalue weighted by atomic mass is 35.5. The molecule has 0 aliphatic heterocycles. The van der Waals surface area contributed by atoms with Crippen LogP contribution in [0, 0.1) is 0 Å². The number of thioether (sulfide) groups is 1. The average Bonchev–Trinajstić information content (AvgIpc) is 2.65. The first kappa shape index (κ1) is 23.1. The second-order valence-electron chi connectivity index (χ2n) is 7.98. The molecule has 0 spiro atoms. The Balaban J connectivity index is 2.06. The van der Waals surface area contributed by atoms with Gasteiger partial charge < -0.3 is 10.6 Å². The minimum absolute atomic E-state index is 0.169. The summed E-state index contributed by atoms with van der Waals surface area (Å²) in [5, 5.41) is 6.88. The van der Waals surface area contributed by atoms with E-state index in [4.69, 9.17) is 11.6 Å². The van der Waals surface area contributed by atoms with Crippen molar-refractivity contribution < 1.29 is 8.78 Å². The fourth-order valence-electron chi connectivity index (χ4n) is 2.62. The van der Waals surface area contributed by atoms with Gasteiger partial charge in [0, 0.05) is 28.1 Å². The van der Waals surface area contributed by atoms with Crippen molar-refractivity contribution in [2.24, 2.45) is 0 Å². The Hall–Kier alpha value is -2.52. The van der Waals surface area contributed by atoms with Gasteiger partial charge in [-0.2, -0.15) is 23.7 Å². The molecular weight excluding hydrogens is 442 g/mol. The van der Waals surface area contributed by atoms with Gasteiger partial charge in [-0.1, -0.05) is 17.7 Å². The molecule has 164 valence electrons. The van der Waals surface area contributed by atoms with Gasteiger partial charge in [-0.25, -0.2) is 4.98 Å². The summed E-state index contributed by atoms with van der Waals surface area (Å²) in [6, 6.07) is 9.87. The van der Waals surface area contributed by atoms with Crippen molar-refractivity contribution in [2.75, 3.05) is 16.9 Å². The van der Waals surface area contributed by atoms with Crippen LogP contribution in [0.5, 0.6) is 0 Å². The van der Waals surface area contributed by atoms with Gasteiger partial charge in [0.25, 0.3) is 5.92 Å². The van der Waals surface area contributed by atoms with Gasteiger partial charge in [0.15, 0.2) is 5.82 Å². The average molecular weight is 465 g/mol. The van der Waals surface area contributed by atoms with Crippen LogP contribution >= 0.6 is 23.4 Å². The quantitative estimate of drug-likeness (QED) is 0.410. The first-order chi connectivity index (χ1) is 14.4. The molecule has 3 rings (SSSR count). The standard InChI is InChI=1S/C21H23ClF2N6S/c1-20(2,3)30-19-28-17(15-7-6-8-16(26-15)21(4,23)24)27-18(29-19)25-13-9-12(22)10-14(11-13)31-5/h6-11H,1-5H3,(H2,25,27,28,29,30).